The fraction of sp³-hybridized carbons (Fsp3) is 0.143. The molecule has 0 unspecified atom stereocenters. The molecule has 0 saturated carbocycles. The van der Waals surface area contributed by atoms with Crippen molar-refractivity contribution in [2.75, 3.05) is 0 Å². The highest BCUT2D eigenvalue weighted by Crippen LogP contribution is 2.25. The number of para-hydroxylation sites is 1. The van der Waals surface area contributed by atoms with E-state index in [0.29, 0.717) is 16.4 Å². The minimum absolute atomic E-state index is 0.147. The summed E-state index contributed by atoms with van der Waals surface area (Å²) in [4.78, 5) is 17.7. The first-order chi connectivity index (χ1) is 12.7. The lowest BCUT2D eigenvalue weighted by Gasteiger charge is -2.04. The van der Waals surface area contributed by atoms with Crippen LogP contribution in [0.1, 0.15) is 12.5 Å². The quantitative estimate of drug-likeness (QED) is 0.481. The number of rotatable bonds is 3. The van der Waals surface area contributed by atoms with Crippen molar-refractivity contribution in [3.63, 3.8) is 0 Å². The van der Waals surface area contributed by atoms with Crippen molar-refractivity contribution in [2.24, 2.45) is 4.99 Å². The Morgan fingerprint density at radius 2 is 1.85 bits per heavy atom. The molecule has 1 aromatic heterocycles. The van der Waals surface area contributed by atoms with Gasteiger partial charge in [0, 0.05) is 6.54 Å². The molecular formula is C21H17ClN2OS. The van der Waals surface area contributed by atoms with Crippen LogP contribution in [-0.2, 0) is 17.8 Å². The molecule has 0 fully saturated rings. The fourth-order valence-electron chi connectivity index (χ4n) is 3.22. The van der Waals surface area contributed by atoms with Gasteiger partial charge in [-0.1, -0.05) is 71.5 Å². The second kappa shape index (κ2) is 7.06. The molecule has 4 aromatic rings. The van der Waals surface area contributed by atoms with Gasteiger partial charge >= 0.3 is 0 Å². The molecule has 0 saturated heterocycles. The lowest BCUT2D eigenvalue weighted by molar-refractivity contribution is -0.117. The maximum Gasteiger partial charge on any atom is 0.252 e. The van der Waals surface area contributed by atoms with Gasteiger partial charge in [0.2, 0.25) is 0 Å². The van der Waals surface area contributed by atoms with E-state index in [2.05, 4.69) is 17.1 Å². The summed E-state index contributed by atoms with van der Waals surface area (Å²) >= 11 is 7.84. The minimum Gasteiger partial charge on any atom is -0.315 e. The largest absolute Gasteiger partial charge is 0.315 e. The van der Waals surface area contributed by atoms with Crippen molar-refractivity contribution in [3.8, 4) is 0 Å². The van der Waals surface area contributed by atoms with Gasteiger partial charge < -0.3 is 4.57 Å². The fourth-order valence-corrected chi connectivity index (χ4v) is 4.69. The van der Waals surface area contributed by atoms with E-state index in [-0.39, 0.29) is 12.3 Å². The van der Waals surface area contributed by atoms with Crippen molar-refractivity contribution in [2.45, 2.75) is 19.9 Å². The average molecular weight is 381 g/mol. The number of fused-ring (bicyclic) bond motifs is 2. The van der Waals surface area contributed by atoms with Crippen LogP contribution in [0.5, 0.6) is 0 Å². The molecule has 0 N–H and O–H groups in total. The first-order valence-electron chi connectivity index (χ1n) is 8.49. The first kappa shape index (κ1) is 17.0. The molecule has 0 spiro atoms. The number of carbonyl (C=O) groups is 1. The van der Waals surface area contributed by atoms with E-state index >= 15 is 0 Å². The average Bonchev–Trinajstić information content (AvgIpc) is 3.00. The first-order valence-corrected chi connectivity index (χ1v) is 9.69. The zero-order valence-electron chi connectivity index (χ0n) is 14.3. The van der Waals surface area contributed by atoms with Gasteiger partial charge in [-0.3, -0.25) is 4.79 Å². The predicted octanol–water partition coefficient (Wildman–Crippen LogP) is 5.20. The van der Waals surface area contributed by atoms with Gasteiger partial charge in [0.05, 0.1) is 21.7 Å². The number of thiazole rings is 1. The molecule has 0 aliphatic rings. The van der Waals surface area contributed by atoms with Crippen molar-refractivity contribution in [3.05, 3.63) is 76.1 Å². The van der Waals surface area contributed by atoms with Crippen molar-refractivity contribution < 1.29 is 4.79 Å². The number of nitrogens with zero attached hydrogens (tertiary/aromatic N) is 2. The molecule has 26 heavy (non-hydrogen) atoms. The second-order valence-electron chi connectivity index (χ2n) is 6.04. The summed E-state index contributed by atoms with van der Waals surface area (Å²) in [7, 11) is 0. The van der Waals surface area contributed by atoms with E-state index in [4.69, 9.17) is 11.6 Å². The van der Waals surface area contributed by atoms with Gasteiger partial charge in [-0.2, -0.15) is 4.99 Å². The highest BCUT2D eigenvalue weighted by atomic mass is 35.5. The standard InChI is InChI=1S/C21H17ClN2OS/c1-2-24-20-17(22)11-6-12-18(20)26-21(24)23-19(25)13-15-9-5-8-14-7-3-4-10-16(14)15/h3-12H,2,13H2,1H3. The molecule has 0 aliphatic carbocycles. The normalized spacial score (nSPS) is 12.2. The zero-order valence-corrected chi connectivity index (χ0v) is 15.8. The Labute approximate surface area is 160 Å². The summed E-state index contributed by atoms with van der Waals surface area (Å²) in [5.41, 5.74) is 1.94. The Bertz CT molecular complexity index is 1180. The summed E-state index contributed by atoms with van der Waals surface area (Å²) < 4.78 is 3.04. The Morgan fingerprint density at radius 1 is 1.08 bits per heavy atom. The number of amides is 1. The molecule has 4 rings (SSSR count). The van der Waals surface area contributed by atoms with Crippen molar-refractivity contribution in [1.29, 1.82) is 0 Å². The van der Waals surface area contributed by atoms with E-state index < -0.39 is 0 Å². The number of aryl methyl sites for hydroxylation is 1. The molecule has 0 radical (unpaired) electrons. The SMILES string of the molecule is CCn1c(=NC(=O)Cc2cccc3ccccc23)sc2cccc(Cl)c21. The summed E-state index contributed by atoms with van der Waals surface area (Å²) in [5.74, 6) is -0.147. The third-order valence-corrected chi connectivity index (χ3v) is 5.76. The summed E-state index contributed by atoms with van der Waals surface area (Å²) in [6.07, 6.45) is 0.285. The van der Waals surface area contributed by atoms with Crippen LogP contribution < -0.4 is 4.80 Å². The second-order valence-corrected chi connectivity index (χ2v) is 7.45. The van der Waals surface area contributed by atoms with Crippen LogP contribution in [0, 0.1) is 0 Å². The molecule has 3 aromatic carbocycles. The third kappa shape index (κ3) is 3.06. The zero-order chi connectivity index (χ0) is 18.1. The smallest absolute Gasteiger partial charge is 0.252 e. The Kier molecular flexibility index (Phi) is 4.62. The van der Waals surface area contributed by atoms with Crippen LogP contribution in [0.2, 0.25) is 5.02 Å². The molecule has 1 amide bonds. The van der Waals surface area contributed by atoms with Gasteiger partial charge in [-0.25, -0.2) is 0 Å². The van der Waals surface area contributed by atoms with E-state index in [0.717, 1.165) is 26.6 Å². The van der Waals surface area contributed by atoms with Gasteiger partial charge in [0.25, 0.3) is 5.91 Å². The number of aromatic nitrogens is 1. The number of hydrogen-bond acceptors (Lipinski definition) is 2. The monoisotopic (exact) mass is 380 g/mol. The molecule has 0 bridgehead atoms. The molecule has 3 nitrogen and oxygen atoms in total. The van der Waals surface area contributed by atoms with Crippen molar-refractivity contribution >= 4 is 49.8 Å². The molecular weight excluding hydrogens is 364 g/mol. The summed E-state index contributed by atoms with van der Waals surface area (Å²) in [6.45, 7) is 2.74. The van der Waals surface area contributed by atoms with Crippen LogP contribution in [-0.4, -0.2) is 10.5 Å². The summed E-state index contributed by atoms with van der Waals surface area (Å²) in [6, 6.07) is 19.9. The van der Waals surface area contributed by atoms with Gasteiger partial charge in [0.15, 0.2) is 4.80 Å². The number of benzene rings is 3. The highest BCUT2D eigenvalue weighted by Gasteiger charge is 2.11. The van der Waals surface area contributed by atoms with Crippen molar-refractivity contribution in [1.82, 2.24) is 4.57 Å². The maximum atomic E-state index is 12.6. The van der Waals surface area contributed by atoms with Gasteiger partial charge in [0.1, 0.15) is 0 Å². The molecule has 0 aliphatic heterocycles. The lowest BCUT2D eigenvalue weighted by atomic mass is 10.0. The van der Waals surface area contributed by atoms with Crippen LogP contribution >= 0.6 is 22.9 Å². The Morgan fingerprint density at radius 3 is 2.69 bits per heavy atom. The molecule has 5 heteroatoms. The Balaban J connectivity index is 1.76. The highest BCUT2D eigenvalue weighted by molar-refractivity contribution is 7.16. The van der Waals surface area contributed by atoms with Crippen LogP contribution in [0.25, 0.3) is 21.0 Å². The van der Waals surface area contributed by atoms with Crippen LogP contribution in [0.15, 0.2) is 65.7 Å². The van der Waals surface area contributed by atoms with E-state index in [9.17, 15) is 4.79 Å². The van der Waals surface area contributed by atoms with Gasteiger partial charge in [-0.05, 0) is 35.4 Å². The third-order valence-electron chi connectivity index (χ3n) is 4.41. The topological polar surface area (TPSA) is 34.4 Å². The Hall–Kier alpha value is -2.43. The predicted molar refractivity (Wildman–Crippen MR) is 109 cm³/mol. The lowest BCUT2D eigenvalue weighted by Crippen LogP contribution is -2.16. The molecule has 0 atom stereocenters. The minimum atomic E-state index is -0.147. The molecule has 130 valence electrons. The number of hydrogen-bond donors (Lipinski definition) is 0. The van der Waals surface area contributed by atoms with E-state index in [1.54, 1.807) is 0 Å². The molecule has 1 heterocycles. The van der Waals surface area contributed by atoms with Crippen LogP contribution in [0.4, 0.5) is 0 Å². The summed E-state index contributed by atoms with van der Waals surface area (Å²) in [5, 5.41) is 2.92. The van der Waals surface area contributed by atoms with E-state index in [1.165, 1.54) is 11.3 Å². The van der Waals surface area contributed by atoms with E-state index in [1.807, 2.05) is 60.0 Å². The number of halogens is 1. The van der Waals surface area contributed by atoms with Crippen LogP contribution in [0.3, 0.4) is 0 Å². The van der Waals surface area contributed by atoms with Gasteiger partial charge in [-0.15, -0.1) is 0 Å². The number of carbonyl (C=O) groups excluding carboxylic acids is 1. The maximum absolute atomic E-state index is 12.6.